The highest BCUT2D eigenvalue weighted by Gasteiger charge is 2.22. The highest BCUT2D eigenvalue weighted by molar-refractivity contribution is 5.14. The zero-order valence-electron chi connectivity index (χ0n) is 13.0. The van der Waals surface area contributed by atoms with Gasteiger partial charge in [0.2, 0.25) is 0 Å². The van der Waals surface area contributed by atoms with Crippen molar-refractivity contribution in [2.45, 2.75) is 58.7 Å². The molecule has 0 saturated carbocycles. The summed E-state index contributed by atoms with van der Waals surface area (Å²) in [6.45, 7) is 8.86. The predicted octanol–water partition coefficient (Wildman–Crippen LogP) is 3.68. The van der Waals surface area contributed by atoms with Crippen LogP contribution in [0.5, 0.6) is 0 Å². The van der Waals surface area contributed by atoms with Crippen LogP contribution in [0, 0.1) is 0 Å². The van der Waals surface area contributed by atoms with Gasteiger partial charge in [-0.15, -0.1) is 0 Å². The van der Waals surface area contributed by atoms with Crippen LogP contribution in [0.25, 0.3) is 0 Å². The van der Waals surface area contributed by atoms with E-state index in [9.17, 15) is 0 Å². The molecule has 0 spiro atoms. The van der Waals surface area contributed by atoms with Gasteiger partial charge in [0.15, 0.2) is 0 Å². The average Bonchev–Trinajstić information content (AvgIpc) is 2.41. The first-order valence-electron chi connectivity index (χ1n) is 7.70. The Morgan fingerprint density at radius 1 is 1.11 bits per heavy atom. The molecule has 0 amide bonds. The first-order chi connectivity index (χ1) is 9.22. The predicted molar refractivity (Wildman–Crippen MR) is 84.4 cm³/mol. The van der Waals surface area contributed by atoms with Crippen LogP contribution < -0.4 is 5.32 Å². The third kappa shape index (κ3) is 5.33. The lowest BCUT2D eigenvalue weighted by atomic mass is 9.99. The lowest BCUT2D eigenvalue weighted by Crippen LogP contribution is -2.48. The van der Waals surface area contributed by atoms with Crippen LogP contribution in [0.3, 0.4) is 0 Å². The normalized spacial score (nSPS) is 14.6. The Balaban J connectivity index is 2.65. The van der Waals surface area contributed by atoms with Crippen molar-refractivity contribution in [1.29, 1.82) is 0 Å². The smallest absolute Gasteiger partial charge is 0.0247 e. The molecule has 1 aromatic carbocycles. The summed E-state index contributed by atoms with van der Waals surface area (Å²) in [5.74, 6) is 0. The molecule has 2 unspecified atom stereocenters. The average molecular weight is 262 g/mol. The Kier molecular flexibility index (Phi) is 7.76. The second-order valence-corrected chi connectivity index (χ2v) is 5.33. The van der Waals surface area contributed by atoms with Crippen molar-refractivity contribution in [3.63, 3.8) is 0 Å². The maximum Gasteiger partial charge on any atom is 0.0247 e. The van der Waals surface area contributed by atoms with Gasteiger partial charge in [-0.1, -0.05) is 57.5 Å². The van der Waals surface area contributed by atoms with Gasteiger partial charge in [0, 0.05) is 18.6 Å². The summed E-state index contributed by atoms with van der Waals surface area (Å²) in [6.07, 6.45) is 3.69. The van der Waals surface area contributed by atoms with Gasteiger partial charge in [-0.3, -0.25) is 4.90 Å². The molecule has 0 aliphatic rings. The van der Waals surface area contributed by atoms with Gasteiger partial charge in [-0.2, -0.15) is 0 Å². The van der Waals surface area contributed by atoms with Gasteiger partial charge in [0.25, 0.3) is 0 Å². The van der Waals surface area contributed by atoms with E-state index in [-0.39, 0.29) is 0 Å². The van der Waals surface area contributed by atoms with E-state index in [0.717, 1.165) is 13.1 Å². The summed E-state index contributed by atoms with van der Waals surface area (Å²) in [6, 6.07) is 12.0. The van der Waals surface area contributed by atoms with Crippen molar-refractivity contribution in [3.05, 3.63) is 35.9 Å². The standard InChI is InChI=1S/C17H30N2/c1-5-11-16(18-7-3)17(6-2)19(4)14-15-12-9-8-10-13-15/h8-10,12-13,16-18H,5-7,11,14H2,1-4H3. The topological polar surface area (TPSA) is 15.3 Å². The van der Waals surface area contributed by atoms with Gasteiger partial charge in [-0.05, 0) is 32.0 Å². The van der Waals surface area contributed by atoms with Crippen LogP contribution >= 0.6 is 0 Å². The Labute approximate surface area is 119 Å². The van der Waals surface area contributed by atoms with Gasteiger partial charge in [0.05, 0.1) is 0 Å². The van der Waals surface area contributed by atoms with Crippen molar-refractivity contribution in [2.75, 3.05) is 13.6 Å². The maximum atomic E-state index is 3.66. The minimum absolute atomic E-state index is 0.605. The van der Waals surface area contributed by atoms with E-state index in [1.807, 2.05) is 0 Å². The van der Waals surface area contributed by atoms with E-state index in [4.69, 9.17) is 0 Å². The van der Waals surface area contributed by atoms with Gasteiger partial charge < -0.3 is 5.32 Å². The van der Waals surface area contributed by atoms with E-state index in [1.54, 1.807) is 0 Å². The fourth-order valence-electron chi connectivity index (χ4n) is 2.90. The van der Waals surface area contributed by atoms with E-state index < -0.39 is 0 Å². The first kappa shape index (κ1) is 16.2. The van der Waals surface area contributed by atoms with E-state index in [0.29, 0.717) is 12.1 Å². The molecule has 0 fully saturated rings. The summed E-state index contributed by atoms with van der Waals surface area (Å²) in [4.78, 5) is 2.50. The van der Waals surface area contributed by atoms with E-state index in [2.05, 4.69) is 68.4 Å². The maximum absolute atomic E-state index is 3.66. The molecule has 1 aromatic rings. The molecule has 0 aliphatic heterocycles. The first-order valence-corrected chi connectivity index (χ1v) is 7.70. The van der Waals surface area contributed by atoms with Crippen LogP contribution in [-0.4, -0.2) is 30.6 Å². The van der Waals surface area contributed by atoms with Crippen LogP contribution in [0.15, 0.2) is 30.3 Å². The zero-order chi connectivity index (χ0) is 14.1. The third-order valence-electron chi connectivity index (χ3n) is 3.79. The van der Waals surface area contributed by atoms with Crippen molar-refractivity contribution >= 4 is 0 Å². The Hall–Kier alpha value is -0.860. The minimum Gasteiger partial charge on any atom is -0.313 e. The number of benzene rings is 1. The fourth-order valence-corrected chi connectivity index (χ4v) is 2.90. The van der Waals surface area contributed by atoms with E-state index >= 15 is 0 Å². The van der Waals surface area contributed by atoms with Crippen molar-refractivity contribution in [1.82, 2.24) is 10.2 Å². The summed E-state index contributed by atoms with van der Waals surface area (Å²) in [7, 11) is 2.25. The number of nitrogens with zero attached hydrogens (tertiary/aromatic N) is 1. The molecule has 1 rings (SSSR count). The summed E-state index contributed by atoms with van der Waals surface area (Å²) >= 11 is 0. The second kappa shape index (κ2) is 9.11. The monoisotopic (exact) mass is 262 g/mol. The van der Waals surface area contributed by atoms with Gasteiger partial charge in [-0.25, -0.2) is 0 Å². The molecule has 2 heteroatoms. The number of rotatable bonds is 9. The Morgan fingerprint density at radius 2 is 1.79 bits per heavy atom. The van der Waals surface area contributed by atoms with Crippen LogP contribution in [0.4, 0.5) is 0 Å². The number of nitrogens with one attached hydrogen (secondary N) is 1. The molecule has 19 heavy (non-hydrogen) atoms. The van der Waals surface area contributed by atoms with E-state index in [1.165, 1.54) is 24.8 Å². The molecular formula is C17H30N2. The molecule has 2 atom stereocenters. The Morgan fingerprint density at radius 3 is 2.32 bits per heavy atom. The molecule has 0 aromatic heterocycles. The van der Waals surface area contributed by atoms with Crippen molar-refractivity contribution in [3.8, 4) is 0 Å². The molecule has 108 valence electrons. The summed E-state index contributed by atoms with van der Waals surface area (Å²) in [5.41, 5.74) is 1.40. The zero-order valence-corrected chi connectivity index (χ0v) is 13.0. The van der Waals surface area contributed by atoms with Gasteiger partial charge in [0.1, 0.15) is 0 Å². The van der Waals surface area contributed by atoms with Crippen molar-refractivity contribution < 1.29 is 0 Å². The lowest BCUT2D eigenvalue weighted by molar-refractivity contribution is 0.173. The largest absolute Gasteiger partial charge is 0.313 e. The highest BCUT2D eigenvalue weighted by atomic mass is 15.2. The molecule has 0 saturated heterocycles. The SMILES string of the molecule is CCCC(NCC)C(CC)N(C)Cc1ccccc1. The molecule has 0 aliphatic carbocycles. The van der Waals surface area contributed by atoms with Gasteiger partial charge >= 0.3 is 0 Å². The number of likely N-dealkylation sites (N-methyl/N-ethyl adjacent to an activating group) is 2. The molecule has 1 N–H and O–H groups in total. The number of hydrogen-bond acceptors (Lipinski definition) is 2. The second-order valence-electron chi connectivity index (χ2n) is 5.33. The highest BCUT2D eigenvalue weighted by Crippen LogP contribution is 2.15. The minimum atomic E-state index is 0.605. The fraction of sp³-hybridized carbons (Fsp3) is 0.647. The summed E-state index contributed by atoms with van der Waals surface area (Å²) < 4.78 is 0. The van der Waals surface area contributed by atoms with Crippen LogP contribution in [-0.2, 0) is 6.54 Å². The third-order valence-corrected chi connectivity index (χ3v) is 3.79. The van der Waals surface area contributed by atoms with Crippen LogP contribution in [0.2, 0.25) is 0 Å². The molecule has 0 bridgehead atoms. The molecule has 2 nitrogen and oxygen atoms in total. The molecular weight excluding hydrogens is 232 g/mol. The molecule has 0 radical (unpaired) electrons. The quantitative estimate of drug-likeness (QED) is 0.730. The Bertz CT molecular complexity index is 317. The van der Waals surface area contributed by atoms with Crippen molar-refractivity contribution in [2.24, 2.45) is 0 Å². The lowest BCUT2D eigenvalue weighted by Gasteiger charge is -2.34. The number of hydrogen-bond donors (Lipinski definition) is 1. The van der Waals surface area contributed by atoms with Crippen LogP contribution in [0.1, 0.15) is 45.6 Å². The molecule has 0 heterocycles. The summed E-state index contributed by atoms with van der Waals surface area (Å²) in [5, 5.41) is 3.66.